The Morgan fingerprint density at radius 1 is 1.47 bits per heavy atom. The van der Waals surface area contributed by atoms with Gasteiger partial charge in [-0.3, -0.25) is 4.79 Å². The summed E-state index contributed by atoms with van der Waals surface area (Å²) in [6.07, 6.45) is 5.81. The predicted octanol–water partition coefficient (Wildman–Crippen LogP) is 2.24. The van der Waals surface area contributed by atoms with E-state index in [1.54, 1.807) is 0 Å². The van der Waals surface area contributed by atoms with E-state index >= 15 is 0 Å². The van der Waals surface area contributed by atoms with Gasteiger partial charge >= 0.3 is 0 Å². The van der Waals surface area contributed by atoms with E-state index in [0.717, 1.165) is 6.54 Å². The first-order valence-electron chi connectivity index (χ1n) is 6.63. The summed E-state index contributed by atoms with van der Waals surface area (Å²) in [5, 5.41) is 3.01. The fourth-order valence-electron chi connectivity index (χ4n) is 2.57. The lowest BCUT2D eigenvalue weighted by molar-refractivity contribution is -0.123. The number of thiocarbonyl (C=S) groups is 1. The molecule has 0 bridgehead atoms. The van der Waals surface area contributed by atoms with Crippen LogP contribution >= 0.6 is 12.2 Å². The van der Waals surface area contributed by atoms with E-state index in [2.05, 4.69) is 12.2 Å². The third-order valence-corrected chi connectivity index (χ3v) is 4.18. The van der Waals surface area contributed by atoms with Crippen LogP contribution < -0.4 is 11.1 Å². The van der Waals surface area contributed by atoms with Crippen LogP contribution in [0.5, 0.6) is 0 Å². The Bertz CT molecular complexity index is 281. The third-order valence-electron chi connectivity index (χ3n) is 3.90. The molecular weight excluding hydrogens is 232 g/mol. The van der Waals surface area contributed by atoms with Crippen LogP contribution in [0.4, 0.5) is 0 Å². The van der Waals surface area contributed by atoms with E-state index in [1.807, 2.05) is 6.92 Å². The highest BCUT2D eigenvalue weighted by Gasteiger charge is 2.24. The number of hydrogen-bond donors (Lipinski definition) is 2. The van der Waals surface area contributed by atoms with Crippen LogP contribution in [0.2, 0.25) is 0 Å². The molecule has 0 saturated heterocycles. The van der Waals surface area contributed by atoms with E-state index in [4.69, 9.17) is 18.0 Å². The minimum Gasteiger partial charge on any atom is -0.393 e. The van der Waals surface area contributed by atoms with Gasteiger partial charge in [-0.2, -0.15) is 0 Å². The lowest BCUT2D eigenvalue weighted by Crippen LogP contribution is -2.41. The molecule has 1 aliphatic carbocycles. The molecule has 0 aromatic rings. The highest BCUT2D eigenvalue weighted by atomic mass is 32.1. The molecule has 3 unspecified atom stereocenters. The van der Waals surface area contributed by atoms with Gasteiger partial charge in [-0.25, -0.2) is 0 Å². The van der Waals surface area contributed by atoms with Crippen LogP contribution in [0.15, 0.2) is 0 Å². The van der Waals surface area contributed by atoms with Crippen LogP contribution in [-0.4, -0.2) is 17.4 Å². The molecule has 4 heteroatoms. The fourth-order valence-corrected chi connectivity index (χ4v) is 2.84. The van der Waals surface area contributed by atoms with Crippen molar-refractivity contribution in [3.8, 4) is 0 Å². The molecule has 1 aliphatic rings. The Morgan fingerprint density at radius 2 is 2.12 bits per heavy atom. The standard InChI is InChI=1S/C13H24N2OS/c1-3-11(12(14)17)13(16)15-8-10-7-5-4-6-9(10)2/h9-11H,3-8H2,1-2H3,(H2,14,17)(H,15,16). The summed E-state index contributed by atoms with van der Waals surface area (Å²) in [4.78, 5) is 12.2. The average molecular weight is 256 g/mol. The van der Waals surface area contributed by atoms with E-state index in [-0.39, 0.29) is 11.8 Å². The summed E-state index contributed by atoms with van der Waals surface area (Å²) in [7, 11) is 0. The number of nitrogens with two attached hydrogens (primary N) is 1. The van der Waals surface area contributed by atoms with Gasteiger partial charge in [0.15, 0.2) is 0 Å². The van der Waals surface area contributed by atoms with E-state index in [0.29, 0.717) is 23.2 Å². The topological polar surface area (TPSA) is 55.1 Å². The largest absolute Gasteiger partial charge is 0.393 e. The number of nitrogens with one attached hydrogen (secondary N) is 1. The molecule has 0 radical (unpaired) electrons. The van der Waals surface area contributed by atoms with Crippen LogP contribution in [-0.2, 0) is 4.79 Å². The van der Waals surface area contributed by atoms with E-state index in [9.17, 15) is 4.79 Å². The van der Waals surface area contributed by atoms with E-state index < -0.39 is 0 Å². The monoisotopic (exact) mass is 256 g/mol. The summed E-state index contributed by atoms with van der Waals surface area (Å²) >= 11 is 4.90. The number of carbonyl (C=O) groups excluding carboxylic acids is 1. The molecule has 0 aromatic heterocycles. The summed E-state index contributed by atoms with van der Waals surface area (Å²) in [5.41, 5.74) is 5.55. The average Bonchev–Trinajstić information content (AvgIpc) is 2.28. The summed E-state index contributed by atoms with van der Waals surface area (Å²) in [6.45, 7) is 4.99. The van der Waals surface area contributed by atoms with Gasteiger partial charge in [-0.15, -0.1) is 0 Å². The molecule has 1 saturated carbocycles. The Hall–Kier alpha value is -0.640. The number of hydrogen-bond acceptors (Lipinski definition) is 2. The third kappa shape index (κ3) is 4.26. The molecule has 0 aromatic carbocycles. The Balaban J connectivity index is 2.38. The van der Waals surface area contributed by atoms with E-state index in [1.165, 1.54) is 25.7 Å². The van der Waals surface area contributed by atoms with Crippen LogP contribution in [0, 0.1) is 17.8 Å². The molecule has 3 nitrogen and oxygen atoms in total. The number of rotatable bonds is 5. The quantitative estimate of drug-likeness (QED) is 0.742. The van der Waals surface area contributed by atoms with Gasteiger partial charge in [-0.05, 0) is 24.7 Å². The van der Waals surface area contributed by atoms with Gasteiger partial charge in [0.1, 0.15) is 0 Å². The van der Waals surface area contributed by atoms with Gasteiger partial charge in [0.05, 0.1) is 10.9 Å². The zero-order chi connectivity index (χ0) is 12.8. The Labute approximate surface area is 110 Å². The second-order valence-corrected chi connectivity index (χ2v) is 5.60. The molecule has 0 heterocycles. The highest BCUT2D eigenvalue weighted by Crippen LogP contribution is 2.28. The Kier molecular flexibility index (Phi) is 5.89. The van der Waals surface area contributed by atoms with Crippen LogP contribution in [0.25, 0.3) is 0 Å². The summed E-state index contributed by atoms with van der Waals surface area (Å²) in [5.74, 6) is 1.03. The van der Waals surface area contributed by atoms with Gasteiger partial charge in [0.2, 0.25) is 5.91 Å². The van der Waals surface area contributed by atoms with Crippen molar-refractivity contribution >= 4 is 23.1 Å². The van der Waals surface area contributed by atoms with Crippen molar-refractivity contribution < 1.29 is 4.79 Å². The van der Waals surface area contributed by atoms with Crippen LogP contribution in [0.3, 0.4) is 0 Å². The van der Waals surface area contributed by atoms with Crippen LogP contribution in [0.1, 0.15) is 46.0 Å². The van der Waals surface area contributed by atoms with Gasteiger partial charge in [0, 0.05) is 6.54 Å². The zero-order valence-electron chi connectivity index (χ0n) is 10.9. The van der Waals surface area contributed by atoms with Crippen molar-refractivity contribution in [3.63, 3.8) is 0 Å². The number of carbonyl (C=O) groups is 1. The predicted molar refractivity (Wildman–Crippen MR) is 74.7 cm³/mol. The minimum atomic E-state index is -0.302. The number of amides is 1. The second kappa shape index (κ2) is 6.94. The Morgan fingerprint density at radius 3 is 2.65 bits per heavy atom. The van der Waals surface area contributed by atoms with Crippen molar-refractivity contribution in [1.29, 1.82) is 0 Å². The van der Waals surface area contributed by atoms with Gasteiger partial charge in [-0.1, -0.05) is 45.3 Å². The lowest BCUT2D eigenvalue weighted by Gasteiger charge is -2.29. The molecule has 98 valence electrons. The molecule has 0 aliphatic heterocycles. The zero-order valence-corrected chi connectivity index (χ0v) is 11.7. The molecular formula is C13H24N2OS. The molecule has 17 heavy (non-hydrogen) atoms. The summed E-state index contributed by atoms with van der Waals surface area (Å²) < 4.78 is 0. The van der Waals surface area contributed by atoms with Crippen molar-refractivity contribution in [3.05, 3.63) is 0 Å². The van der Waals surface area contributed by atoms with Crippen molar-refractivity contribution in [2.24, 2.45) is 23.5 Å². The van der Waals surface area contributed by atoms with Gasteiger partial charge < -0.3 is 11.1 Å². The molecule has 3 atom stereocenters. The molecule has 1 amide bonds. The molecule has 3 N–H and O–H groups in total. The molecule has 0 spiro atoms. The first-order valence-corrected chi connectivity index (χ1v) is 7.04. The lowest BCUT2D eigenvalue weighted by atomic mass is 9.80. The first kappa shape index (κ1) is 14.4. The maximum atomic E-state index is 11.9. The maximum absolute atomic E-state index is 11.9. The second-order valence-electron chi connectivity index (χ2n) is 5.13. The normalized spacial score (nSPS) is 26.2. The molecule has 1 fully saturated rings. The van der Waals surface area contributed by atoms with Crippen molar-refractivity contribution in [1.82, 2.24) is 5.32 Å². The maximum Gasteiger partial charge on any atom is 0.229 e. The van der Waals surface area contributed by atoms with Crippen molar-refractivity contribution in [2.45, 2.75) is 46.0 Å². The summed E-state index contributed by atoms with van der Waals surface area (Å²) in [6, 6.07) is 0. The van der Waals surface area contributed by atoms with Gasteiger partial charge in [0.25, 0.3) is 0 Å². The fraction of sp³-hybridized carbons (Fsp3) is 0.846. The van der Waals surface area contributed by atoms with Crippen molar-refractivity contribution in [2.75, 3.05) is 6.54 Å². The molecule has 1 rings (SSSR count). The minimum absolute atomic E-state index is 0.00206. The highest BCUT2D eigenvalue weighted by molar-refractivity contribution is 7.80. The first-order chi connectivity index (χ1) is 8.06. The smallest absolute Gasteiger partial charge is 0.229 e. The SMILES string of the molecule is CCC(C(=O)NCC1CCCCC1C)C(N)=S.